The lowest BCUT2D eigenvalue weighted by Gasteiger charge is -2.21. The van der Waals surface area contributed by atoms with Gasteiger partial charge in [-0.2, -0.15) is 0 Å². The molecule has 0 bridgehead atoms. The van der Waals surface area contributed by atoms with Gasteiger partial charge in [0.15, 0.2) is 0 Å². The van der Waals surface area contributed by atoms with Gasteiger partial charge in [-0.3, -0.25) is 14.5 Å². The molecule has 0 unspecified atom stereocenters. The number of primary amides is 1. The van der Waals surface area contributed by atoms with E-state index in [4.69, 9.17) is 5.73 Å². The predicted octanol–water partition coefficient (Wildman–Crippen LogP) is -0.852. The van der Waals surface area contributed by atoms with Crippen molar-refractivity contribution in [1.82, 2.24) is 15.1 Å². The Bertz CT molecular complexity index is 331. The molecule has 108 valence electrons. The van der Waals surface area contributed by atoms with Crippen molar-refractivity contribution in [2.45, 2.75) is 31.7 Å². The Morgan fingerprint density at radius 1 is 1.16 bits per heavy atom. The first kappa shape index (κ1) is 14.3. The highest BCUT2D eigenvalue weighted by Gasteiger charge is 2.22. The number of nitrogens with zero attached hydrogens (tertiary/aromatic N) is 2. The first-order chi connectivity index (χ1) is 9.15. The van der Waals surface area contributed by atoms with Gasteiger partial charge >= 0.3 is 0 Å². The van der Waals surface area contributed by atoms with Gasteiger partial charge in [0.05, 0.1) is 6.54 Å². The van der Waals surface area contributed by atoms with Gasteiger partial charge in [-0.25, -0.2) is 0 Å². The van der Waals surface area contributed by atoms with Gasteiger partial charge in [0.25, 0.3) is 0 Å². The van der Waals surface area contributed by atoms with Crippen LogP contribution < -0.4 is 11.1 Å². The van der Waals surface area contributed by atoms with E-state index in [1.165, 1.54) is 12.8 Å². The maximum absolute atomic E-state index is 12.1. The summed E-state index contributed by atoms with van der Waals surface area (Å²) in [5, 5.41) is 3.36. The zero-order chi connectivity index (χ0) is 13.7. The molecule has 0 spiro atoms. The van der Waals surface area contributed by atoms with Crippen LogP contribution in [-0.4, -0.2) is 66.9 Å². The van der Waals surface area contributed by atoms with Crippen molar-refractivity contribution in [1.29, 1.82) is 0 Å². The molecule has 0 aromatic rings. The predicted molar refractivity (Wildman–Crippen MR) is 72.5 cm³/mol. The molecule has 0 aromatic carbocycles. The summed E-state index contributed by atoms with van der Waals surface area (Å²) in [6.45, 7) is 4.15. The molecule has 1 saturated carbocycles. The fraction of sp³-hybridized carbons (Fsp3) is 0.846. The Morgan fingerprint density at radius 3 is 2.63 bits per heavy atom. The zero-order valence-corrected chi connectivity index (χ0v) is 11.4. The Morgan fingerprint density at radius 2 is 1.95 bits per heavy atom. The summed E-state index contributed by atoms with van der Waals surface area (Å²) in [4.78, 5) is 26.9. The number of carbonyl (C=O) groups is 2. The molecule has 1 aliphatic carbocycles. The minimum atomic E-state index is -0.298. The first-order valence-corrected chi connectivity index (χ1v) is 7.17. The van der Waals surface area contributed by atoms with Gasteiger partial charge < -0.3 is 16.0 Å². The van der Waals surface area contributed by atoms with Crippen LogP contribution in [0.1, 0.15) is 25.7 Å². The Balaban J connectivity index is 1.68. The van der Waals surface area contributed by atoms with Crippen LogP contribution in [0.3, 0.4) is 0 Å². The van der Waals surface area contributed by atoms with Crippen molar-refractivity contribution in [2.75, 3.05) is 39.3 Å². The summed E-state index contributed by atoms with van der Waals surface area (Å²) >= 11 is 0. The number of rotatable bonds is 6. The topological polar surface area (TPSA) is 78.7 Å². The highest BCUT2D eigenvalue weighted by molar-refractivity contribution is 5.77. The molecule has 1 heterocycles. The van der Waals surface area contributed by atoms with E-state index in [1.807, 2.05) is 9.80 Å². The molecule has 2 rings (SSSR count). The fourth-order valence-corrected chi connectivity index (χ4v) is 2.43. The van der Waals surface area contributed by atoms with Crippen LogP contribution in [0.25, 0.3) is 0 Å². The van der Waals surface area contributed by atoms with E-state index in [2.05, 4.69) is 5.32 Å². The summed E-state index contributed by atoms with van der Waals surface area (Å²) < 4.78 is 0. The number of carbonyl (C=O) groups excluding carboxylic acids is 2. The third-order valence-corrected chi connectivity index (χ3v) is 3.67. The van der Waals surface area contributed by atoms with Gasteiger partial charge in [-0.15, -0.1) is 0 Å². The highest BCUT2D eigenvalue weighted by Crippen LogP contribution is 2.18. The third-order valence-electron chi connectivity index (χ3n) is 3.67. The van der Waals surface area contributed by atoms with Gasteiger partial charge in [0.2, 0.25) is 11.8 Å². The number of nitrogens with one attached hydrogen (secondary N) is 1. The molecule has 1 aliphatic heterocycles. The SMILES string of the molecule is NC(=O)CN1CCCN(C(=O)CCNC2CC2)CC1. The molecule has 6 nitrogen and oxygen atoms in total. The second-order valence-electron chi connectivity index (χ2n) is 5.46. The zero-order valence-electron chi connectivity index (χ0n) is 11.4. The molecule has 0 aromatic heterocycles. The van der Waals surface area contributed by atoms with Crippen molar-refractivity contribution in [2.24, 2.45) is 5.73 Å². The summed E-state index contributed by atoms with van der Waals surface area (Å²) in [5.74, 6) is -0.0810. The second kappa shape index (κ2) is 6.86. The van der Waals surface area contributed by atoms with E-state index >= 15 is 0 Å². The van der Waals surface area contributed by atoms with Crippen LogP contribution in [0.4, 0.5) is 0 Å². The lowest BCUT2D eigenvalue weighted by molar-refractivity contribution is -0.130. The molecular formula is C13H24N4O2. The smallest absolute Gasteiger partial charge is 0.231 e. The van der Waals surface area contributed by atoms with Gasteiger partial charge in [0.1, 0.15) is 0 Å². The van der Waals surface area contributed by atoms with Crippen molar-refractivity contribution < 1.29 is 9.59 Å². The van der Waals surface area contributed by atoms with E-state index < -0.39 is 0 Å². The molecule has 0 atom stereocenters. The van der Waals surface area contributed by atoms with Gasteiger partial charge in [0, 0.05) is 45.2 Å². The lowest BCUT2D eigenvalue weighted by Crippen LogP contribution is -2.39. The monoisotopic (exact) mass is 268 g/mol. The quantitative estimate of drug-likeness (QED) is 0.657. The van der Waals surface area contributed by atoms with Crippen molar-refractivity contribution in [3.8, 4) is 0 Å². The van der Waals surface area contributed by atoms with Crippen LogP contribution in [0.5, 0.6) is 0 Å². The van der Waals surface area contributed by atoms with Crippen LogP contribution >= 0.6 is 0 Å². The van der Waals surface area contributed by atoms with E-state index in [-0.39, 0.29) is 11.8 Å². The molecule has 19 heavy (non-hydrogen) atoms. The lowest BCUT2D eigenvalue weighted by atomic mass is 10.3. The number of hydrogen-bond donors (Lipinski definition) is 2. The van der Waals surface area contributed by atoms with Crippen molar-refractivity contribution in [3.05, 3.63) is 0 Å². The number of nitrogens with two attached hydrogens (primary N) is 1. The first-order valence-electron chi connectivity index (χ1n) is 7.17. The van der Waals surface area contributed by atoms with Gasteiger partial charge in [-0.05, 0) is 19.3 Å². The van der Waals surface area contributed by atoms with E-state index in [0.717, 1.165) is 32.6 Å². The van der Waals surface area contributed by atoms with Crippen LogP contribution in [0.2, 0.25) is 0 Å². The maximum atomic E-state index is 12.1. The second-order valence-corrected chi connectivity index (χ2v) is 5.46. The third kappa shape index (κ3) is 5.16. The Labute approximate surface area is 114 Å². The summed E-state index contributed by atoms with van der Waals surface area (Å²) in [5.41, 5.74) is 5.20. The van der Waals surface area contributed by atoms with E-state index in [1.54, 1.807) is 0 Å². The van der Waals surface area contributed by atoms with Crippen molar-refractivity contribution >= 4 is 11.8 Å². The molecule has 2 amide bonds. The van der Waals surface area contributed by atoms with Crippen LogP contribution in [0, 0.1) is 0 Å². The largest absolute Gasteiger partial charge is 0.369 e. The Kier molecular flexibility index (Phi) is 5.15. The van der Waals surface area contributed by atoms with Gasteiger partial charge in [-0.1, -0.05) is 0 Å². The summed E-state index contributed by atoms with van der Waals surface area (Å²) in [7, 11) is 0. The number of amides is 2. The normalized spacial score (nSPS) is 21.2. The molecule has 2 aliphatic rings. The van der Waals surface area contributed by atoms with E-state index in [9.17, 15) is 9.59 Å². The average molecular weight is 268 g/mol. The standard InChI is InChI=1S/C13H24N4O2/c14-12(18)10-16-6-1-7-17(9-8-16)13(19)4-5-15-11-2-3-11/h11,15H,1-10H2,(H2,14,18). The molecule has 1 saturated heterocycles. The van der Waals surface area contributed by atoms with Crippen LogP contribution in [0.15, 0.2) is 0 Å². The number of hydrogen-bond acceptors (Lipinski definition) is 4. The average Bonchev–Trinajstić information content (AvgIpc) is 3.15. The van der Waals surface area contributed by atoms with E-state index in [0.29, 0.717) is 25.6 Å². The summed E-state index contributed by atoms with van der Waals surface area (Å²) in [6.07, 6.45) is 3.99. The Hall–Kier alpha value is -1.14. The molecular weight excluding hydrogens is 244 g/mol. The van der Waals surface area contributed by atoms with Crippen LogP contribution in [-0.2, 0) is 9.59 Å². The van der Waals surface area contributed by atoms with Crippen molar-refractivity contribution in [3.63, 3.8) is 0 Å². The summed E-state index contributed by atoms with van der Waals surface area (Å²) in [6, 6.07) is 0.656. The fourth-order valence-electron chi connectivity index (χ4n) is 2.43. The minimum Gasteiger partial charge on any atom is -0.369 e. The highest BCUT2D eigenvalue weighted by atomic mass is 16.2. The maximum Gasteiger partial charge on any atom is 0.231 e. The molecule has 2 fully saturated rings. The molecule has 6 heteroatoms. The molecule has 3 N–H and O–H groups in total. The molecule has 0 radical (unpaired) electrons. The minimum absolute atomic E-state index is 0.217.